The molecule has 0 atom stereocenters. The first-order valence-corrected chi connectivity index (χ1v) is 7.05. The van der Waals surface area contributed by atoms with E-state index in [1.807, 2.05) is 0 Å². The van der Waals surface area contributed by atoms with Gasteiger partial charge in [0.05, 0.1) is 14.2 Å². The molecular weight excluding hydrogens is 246 g/mol. The van der Waals surface area contributed by atoms with Crippen molar-refractivity contribution in [3.63, 3.8) is 0 Å². The van der Waals surface area contributed by atoms with Gasteiger partial charge in [-0.05, 0) is 38.8 Å². The standard InChI is InChI=1S/C14H27NO4/c1-18-13(16)9-5-3-7-11-15-12-8-4-6-10-14(17)19-2/h15H,3-12H2,1-2H3. The van der Waals surface area contributed by atoms with Crippen molar-refractivity contribution in [1.82, 2.24) is 5.32 Å². The van der Waals surface area contributed by atoms with Crippen LogP contribution in [-0.2, 0) is 19.1 Å². The van der Waals surface area contributed by atoms with E-state index in [0.717, 1.165) is 51.6 Å². The summed E-state index contributed by atoms with van der Waals surface area (Å²) in [4.78, 5) is 21.7. The maximum atomic E-state index is 10.8. The van der Waals surface area contributed by atoms with Crippen molar-refractivity contribution >= 4 is 11.9 Å². The summed E-state index contributed by atoms with van der Waals surface area (Å²) in [5.74, 6) is -0.253. The zero-order valence-corrected chi connectivity index (χ0v) is 12.2. The van der Waals surface area contributed by atoms with Gasteiger partial charge in [-0.15, -0.1) is 0 Å². The number of nitrogens with one attached hydrogen (secondary N) is 1. The Morgan fingerprint density at radius 3 is 1.53 bits per heavy atom. The fraction of sp³-hybridized carbons (Fsp3) is 0.857. The van der Waals surface area contributed by atoms with Gasteiger partial charge in [0.25, 0.3) is 0 Å². The lowest BCUT2D eigenvalue weighted by Gasteiger charge is -2.04. The molecule has 0 rings (SSSR count). The summed E-state index contributed by atoms with van der Waals surface area (Å²) in [5.41, 5.74) is 0. The van der Waals surface area contributed by atoms with E-state index >= 15 is 0 Å². The molecule has 0 aliphatic carbocycles. The van der Waals surface area contributed by atoms with Gasteiger partial charge in [-0.2, -0.15) is 0 Å². The second-order valence-corrected chi connectivity index (χ2v) is 4.52. The van der Waals surface area contributed by atoms with Crippen LogP contribution in [0.5, 0.6) is 0 Å². The monoisotopic (exact) mass is 273 g/mol. The van der Waals surface area contributed by atoms with Gasteiger partial charge in [0.15, 0.2) is 0 Å². The first-order chi connectivity index (χ1) is 9.20. The fourth-order valence-corrected chi connectivity index (χ4v) is 1.72. The second-order valence-electron chi connectivity index (χ2n) is 4.52. The normalized spacial score (nSPS) is 10.2. The Morgan fingerprint density at radius 1 is 0.737 bits per heavy atom. The SMILES string of the molecule is COC(=O)CCCCCNCCCCCC(=O)OC. The van der Waals surface area contributed by atoms with Gasteiger partial charge in [-0.1, -0.05) is 12.8 Å². The number of ether oxygens (including phenoxy) is 2. The molecule has 0 radical (unpaired) electrons. The van der Waals surface area contributed by atoms with Crippen molar-refractivity contribution < 1.29 is 19.1 Å². The quantitative estimate of drug-likeness (QED) is 0.435. The van der Waals surface area contributed by atoms with Gasteiger partial charge >= 0.3 is 11.9 Å². The van der Waals surface area contributed by atoms with Crippen molar-refractivity contribution in [2.45, 2.75) is 51.4 Å². The largest absolute Gasteiger partial charge is 0.469 e. The number of hydrogen-bond acceptors (Lipinski definition) is 5. The van der Waals surface area contributed by atoms with E-state index in [-0.39, 0.29) is 11.9 Å². The molecule has 0 amide bonds. The van der Waals surface area contributed by atoms with Crippen molar-refractivity contribution in [2.24, 2.45) is 0 Å². The van der Waals surface area contributed by atoms with Crippen LogP contribution < -0.4 is 5.32 Å². The molecule has 0 saturated heterocycles. The summed E-state index contributed by atoms with van der Waals surface area (Å²) >= 11 is 0. The number of carbonyl (C=O) groups is 2. The van der Waals surface area contributed by atoms with Crippen LogP contribution in [0, 0.1) is 0 Å². The third-order valence-electron chi connectivity index (χ3n) is 2.92. The highest BCUT2D eigenvalue weighted by molar-refractivity contribution is 5.69. The Labute approximate surface area is 116 Å². The lowest BCUT2D eigenvalue weighted by Crippen LogP contribution is -2.16. The average Bonchev–Trinajstić information content (AvgIpc) is 2.43. The summed E-state index contributed by atoms with van der Waals surface area (Å²) in [6, 6.07) is 0. The minimum atomic E-state index is -0.126. The minimum absolute atomic E-state index is 0.126. The van der Waals surface area contributed by atoms with E-state index in [1.54, 1.807) is 0 Å². The van der Waals surface area contributed by atoms with E-state index in [4.69, 9.17) is 0 Å². The van der Waals surface area contributed by atoms with Gasteiger partial charge in [-0.3, -0.25) is 9.59 Å². The van der Waals surface area contributed by atoms with Crippen molar-refractivity contribution in [3.05, 3.63) is 0 Å². The maximum absolute atomic E-state index is 10.8. The number of unbranched alkanes of at least 4 members (excludes halogenated alkanes) is 4. The van der Waals surface area contributed by atoms with E-state index in [0.29, 0.717) is 12.8 Å². The molecule has 0 aliphatic rings. The highest BCUT2D eigenvalue weighted by Gasteiger charge is 2.00. The van der Waals surface area contributed by atoms with Crippen molar-refractivity contribution in [3.8, 4) is 0 Å². The third-order valence-corrected chi connectivity index (χ3v) is 2.92. The molecule has 0 fully saturated rings. The van der Waals surface area contributed by atoms with E-state index < -0.39 is 0 Å². The minimum Gasteiger partial charge on any atom is -0.469 e. The van der Waals surface area contributed by atoms with Crippen LogP contribution in [0.2, 0.25) is 0 Å². The maximum Gasteiger partial charge on any atom is 0.305 e. The second kappa shape index (κ2) is 13.3. The Balaban J connectivity index is 3.07. The Kier molecular flexibility index (Phi) is 12.6. The van der Waals surface area contributed by atoms with Gasteiger partial charge in [0, 0.05) is 12.8 Å². The van der Waals surface area contributed by atoms with E-state index in [1.165, 1.54) is 14.2 Å². The Morgan fingerprint density at radius 2 is 1.16 bits per heavy atom. The third kappa shape index (κ3) is 13.1. The number of carbonyl (C=O) groups excluding carboxylic acids is 2. The summed E-state index contributed by atoms with van der Waals surface area (Å²) in [7, 11) is 2.84. The Bertz CT molecular complexity index is 220. The van der Waals surface area contributed by atoms with Gasteiger partial charge < -0.3 is 14.8 Å². The molecule has 0 aromatic carbocycles. The molecular formula is C14H27NO4. The number of hydrogen-bond donors (Lipinski definition) is 1. The number of rotatable bonds is 12. The van der Waals surface area contributed by atoms with Crippen LogP contribution in [0.15, 0.2) is 0 Å². The summed E-state index contributed by atoms with van der Waals surface area (Å²) in [6.07, 6.45) is 7.09. The van der Waals surface area contributed by atoms with Gasteiger partial charge in [0.2, 0.25) is 0 Å². The molecule has 0 unspecified atom stereocenters. The van der Waals surface area contributed by atoms with Crippen LogP contribution >= 0.6 is 0 Å². The molecule has 0 heterocycles. The number of methoxy groups -OCH3 is 2. The van der Waals surface area contributed by atoms with Crippen molar-refractivity contribution in [2.75, 3.05) is 27.3 Å². The highest BCUT2D eigenvalue weighted by atomic mass is 16.5. The molecule has 0 aromatic rings. The molecule has 0 aromatic heterocycles. The summed E-state index contributed by atoms with van der Waals surface area (Å²) < 4.78 is 9.14. The van der Waals surface area contributed by atoms with Crippen molar-refractivity contribution in [1.29, 1.82) is 0 Å². The fourth-order valence-electron chi connectivity index (χ4n) is 1.72. The zero-order valence-electron chi connectivity index (χ0n) is 12.2. The van der Waals surface area contributed by atoms with E-state index in [2.05, 4.69) is 14.8 Å². The molecule has 19 heavy (non-hydrogen) atoms. The van der Waals surface area contributed by atoms with Crippen LogP contribution in [0.1, 0.15) is 51.4 Å². The molecule has 1 N–H and O–H groups in total. The predicted octanol–water partition coefficient (Wildman–Crippen LogP) is 2.04. The molecule has 0 aliphatic heterocycles. The van der Waals surface area contributed by atoms with Crippen LogP contribution in [0.3, 0.4) is 0 Å². The molecule has 0 bridgehead atoms. The molecule has 5 nitrogen and oxygen atoms in total. The molecule has 0 saturated carbocycles. The highest BCUT2D eigenvalue weighted by Crippen LogP contribution is 2.01. The predicted molar refractivity (Wildman–Crippen MR) is 73.8 cm³/mol. The summed E-state index contributed by atoms with van der Waals surface area (Å²) in [5, 5.41) is 3.36. The van der Waals surface area contributed by atoms with Gasteiger partial charge in [-0.25, -0.2) is 0 Å². The number of esters is 2. The van der Waals surface area contributed by atoms with Crippen LogP contribution in [-0.4, -0.2) is 39.2 Å². The topological polar surface area (TPSA) is 64.6 Å². The smallest absolute Gasteiger partial charge is 0.305 e. The molecule has 5 heteroatoms. The lowest BCUT2D eigenvalue weighted by atomic mass is 10.2. The van der Waals surface area contributed by atoms with Crippen LogP contribution in [0.4, 0.5) is 0 Å². The molecule has 112 valence electrons. The van der Waals surface area contributed by atoms with Crippen LogP contribution in [0.25, 0.3) is 0 Å². The van der Waals surface area contributed by atoms with E-state index in [9.17, 15) is 9.59 Å². The first kappa shape index (κ1) is 17.9. The summed E-state index contributed by atoms with van der Waals surface area (Å²) in [6.45, 7) is 1.97. The molecule has 0 spiro atoms. The average molecular weight is 273 g/mol. The lowest BCUT2D eigenvalue weighted by molar-refractivity contribution is -0.141. The van der Waals surface area contributed by atoms with Gasteiger partial charge in [0.1, 0.15) is 0 Å². The first-order valence-electron chi connectivity index (χ1n) is 7.05. The zero-order chi connectivity index (χ0) is 14.3. The Hall–Kier alpha value is -1.10.